The van der Waals surface area contributed by atoms with E-state index in [-0.39, 0.29) is 18.0 Å². The number of hydrogen-bond acceptors (Lipinski definition) is 2. The van der Waals surface area contributed by atoms with Crippen molar-refractivity contribution in [2.45, 2.75) is 26.3 Å². The second-order valence-electron chi connectivity index (χ2n) is 4.68. The molecule has 0 spiro atoms. The fourth-order valence-electron chi connectivity index (χ4n) is 1.45. The van der Waals surface area contributed by atoms with Crippen molar-refractivity contribution < 1.29 is 9.59 Å². The van der Waals surface area contributed by atoms with Gasteiger partial charge in [0.05, 0.1) is 0 Å². The number of carbonyl (C=O) groups excluding carboxylic acids is 2. The zero-order valence-electron chi connectivity index (χ0n) is 11.9. The fraction of sp³-hybridized carbons (Fsp3) is 0.429. The van der Waals surface area contributed by atoms with Crippen LogP contribution in [-0.2, 0) is 0 Å². The highest BCUT2D eigenvalue weighted by Crippen LogP contribution is 2.10. The van der Waals surface area contributed by atoms with E-state index >= 15 is 0 Å². The molecule has 19 heavy (non-hydrogen) atoms. The summed E-state index contributed by atoms with van der Waals surface area (Å²) in [5.74, 6) is -0.0596. The number of rotatable bonds is 4. The normalized spacial score (nSPS) is 11.6. The van der Waals surface area contributed by atoms with Crippen molar-refractivity contribution in [1.29, 1.82) is 0 Å². The summed E-state index contributed by atoms with van der Waals surface area (Å²) >= 11 is 0. The Morgan fingerprint density at radius 1 is 1.21 bits per heavy atom. The summed E-state index contributed by atoms with van der Waals surface area (Å²) in [5.41, 5.74) is 1.26. The average Bonchev–Trinajstić information content (AvgIpc) is 2.38. The molecule has 1 unspecified atom stereocenters. The molecule has 1 rings (SSSR count). The van der Waals surface area contributed by atoms with Gasteiger partial charge in [0.25, 0.3) is 5.91 Å². The Morgan fingerprint density at radius 3 is 2.26 bits per heavy atom. The maximum atomic E-state index is 11.7. The zero-order chi connectivity index (χ0) is 14.4. The van der Waals surface area contributed by atoms with Crippen molar-refractivity contribution in [1.82, 2.24) is 10.2 Å². The SMILES string of the molecule is CCC(C)NC(=O)Nc1ccc(C(=O)N(C)C)cc1. The first-order valence-electron chi connectivity index (χ1n) is 6.33. The van der Waals surface area contributed by atoms with Gasteiger partial charge in [-0.1, -0.05) is 6.92 Å². The van der Waals surface area contributed by atoms with E-state index in [1.165, 1.54) is 4.90 Å². The van der Waals surface area contributed by atoms with Crippen LogP contribution in [0.2, 0.25) is 0 Å². The first-order chi connectivity index (χ1) is 8.93. The van der Waals surface area contributed by atoms with Crippen LogP contribution in [0.15, 0.2) is 24.3 Å². The molecule has 0 aromatic heterocycles. The number of nitrogens with zero attached hydrogens (tertiary/aromatic N) is 1. The smallest absolute Gasteiger partial charge is 0.319 e. The Balaban J connectivity index is 2.62. The van der Waals surface area contributed by atoms with Gasteiger partial charge in [0.1, 0.15) is 0 Å². The molecule has 5 nitrogen and oxygen atoms in total. The van der Waals surface area contributed by atoms with Crippen LogP contribution in [0.5, 0.6) is 0 Å². The highest BCUT2D eigenvalue weighted by atomic mass is 16.2. The summed E-state index contributed by atoms with van der Waals surface area (Å²) in [4.78, 5) is 24.8. The molecule has 2 N–H and O–H groups in total. The van der Waals surface area contributed by atoms with Gasteiger partial charge < -0.3 is 15.5 Å². The summed E-state index contributed by atoms with van der Waals surface area (Å²) in [7, 11) is 3.40. The monoisotopic (exact) mass is 263 g/mol. The number of anilines is 1. The maximum Gasteiger partial charge on any atom is 0.319 e. The molecule has 0 fully saturated rings. The molecule has 1 aromatic carbocycles. The number of amides is 3. The standard InChI is InChI=1S/C14H21N3O2/c1-5-10(2)15-14(19)16-12-8-6-11(7-9-12)13(18)17(3)4/h6-10H,5H2,1-4H3,(H2,15,16,19). The van der Waals surface area contributed by atoms with Gasteiger partial charge in [-0.25, -0.2) is 4.79 Å². The summed E-state index contributed by atoms with van der Waals surface area (Å²) in [6, 6.07) is 6.72. The minimum absolute atomic E-state index is 0.0596. The number of carbonyl (C=O) groups is 2. The highest BCUT2D eigenvalue weighted by Gasteiger charge is 2.08. The Morgan fingerprint density at radius 2 is 1.79 bits per heavy atom. The van der Waals surface area contributed by atoms with Crippen LogP contribution in [-0.4, -0.2) is 37.0 Å². The van der Waals surface area contributed by atoms with E-state index in [1.54, 1.807) is 38.4 Å². The molecule has 0 aliphatic carbocycles. The largest absolute Gasteiger partial charge is 0.345 e. The summed E-state index contributed by atoms with van der Waals surface area (Å²) in [5, 5.41) is 5.54. The Hall–Kier alpha value is -2.04. The van der Waals surface area contributed by atoms with Crippen molar-refractivity contribution in [2.75, 3.05) is 19.4 Å². The third-order valence-electron chi connectivity index (χ3n) is 2.79. The summed E-state index contributed by atoms with van der Waals surface area (Å²) in [6.45, 7) is 3.95. The quantitative estimate of drug-likeness (QED) is 0.875. The molecular formula is C14H21N3O2. The fourth-order valence-corrected chi connectivity index (χ4v) is 1.45. The third-order valence-corrected chi connectivity index (χ3v) is 2.79. The first kappa shape index (κ1) is 15.0. The molecule has 0 heterocycles. The predicted octanol–water partition coefficient (Wildman–Crippen LogP) is 2.31. The molecule has 0 saturated carbocycles. The van der Waals surface area contributed by atoms with Crippen LogP contribution in [0.4, 0.5) is 10.5 Å². The van der Waals surface area contributed by atoms with Crippen molar-refractivity contribution in [2.24, 2.45) is 0 Å². The summed E-state index contributed by atoms with van der Waals surface area (Å²) in [6.07, 6.45) is 0.879. The number of hydrogen-bond donors (Lipinski definition) is 2. The van der Waals surface area contributed by atoms with Gasteiger partial charge in [0.15, 0.2) is 0 Å². The van der Waals surface area contributed by atoms with Crippen molar-refractivity contribution in [3.8, 4) is 0 Å². The average molecular weight is 263 g/mol. The maximum absolute atomic E-state index is 11.7. The second kappa shape index (κ2) is 6.78. The number of nitrogens with one attached hydrogen (secondary N) is 2. The van der Waals surface area contributed by atoms with Crippen LogP contribution in [0.3, 0.4) is 0 Å². The minimum Gasteiger partial charge on any atom is -0.345 e. The van der Waals surface area contributed by atoms with Crippen LogP contribution < -0.4 is 10.6 Å². The molecule has 104 valence electrons. The van der Waals surface area contributed by atoms with E-state index in [1.807, 2.05) is 13.8 Å². The molecule has 0 saturated heterocycles. The predicted molar refractivity (Wildman–Crippen MR) is 76.4 cm³/mol. The molecule has 0 aliphatic heterocycles. The van der Waals surface area contributed by atoms with E-state index in [4.69, 9.17) is 0 Å². The Labute approximate surface area is 114 Å². The lowest BCUT2D eigenvalue weighted by Gasteiger charge is -2.13. The van der Waals surface area contributed by atoms with Crippen molar-refractivity contribution in [3.05, 3.63) is 29.8 Å². The molecule has 3 amide bonds. The highest BCUT2D eigenvalue weighted by molar-refractivity contribution is 5.95. The zero-order valence-corrected chi connectivity index (χ0v) is 11.9. The van der Waals surface area contributed by atoms with Gasteiger partial charge in [-0.2, -0.15) is 0 Å². The molecule has 5 heteroatoms. The minimum atomic E-state index is -0.235. The lowest BCUT2D eigenvalue weighted by atomic mass is 10.2. The summed E-state index contributed by atoms with van der Waals surface area (Å²) < 4.78 is 0. The van der Waals surface area contributed by atoms with Gasteiger partial charge in [-0.3, -0.25) is 4.79 Å². The Bertz CT molecular complexity index is 441. The van der Waals surface area contributed by atoms with Gasteiger partial charge in [0, 0.05) is 31.4 Å². The number of urea groups is 1. The van der Waals surface area contributed by atoms with Gasteiger partial charge >= 0.3 is 6.03 Å². The van der Waals surface area contributed by atoms with Crippen molar-refractivity contribution in [3.63, 3.8) is 0 Å². The van der Waals surface area contributed by atoms with Gasteiger partial charge in [0.2, 0.25) is 0 Å². The van der Waals surface area contributed by atoms with Crippen LogP contribution in [0.25, 0.3) is 0 Å². The van der Waals surface area contributed by atoms with E-state index in [2.05, 4.69) is 10.6 Å². The van der Waals surface area contributed by atoms with E-state index in [9.17, 15) is 9.59 Å². The molecule has 0 aliphatic rings. The lowest BCUT2D eigenvalue weighted by Crippen LogP contribution is -2.35. The van der Waals surface area contributed by atoms with Crippen LogP contribution in [0.1, 0.15) is 30.6 Å². The Kier molecular flexibility index (Phi) is 5.36. The van der Waals surface area contributed by atoms with Gasteiger partial charge in [-0.05, 0) is 37.6 Å². The van der Waals surface area contributed by atoms with Crippen LogP contribution in [0, 0.1) is 0 Å². The lowest BCUT2D eigenvalue weighted by molar-refractivity contribution is 0.0827. The molecule has 1 aromatic rings. The molecule has 1 atom stereocenters. The van der Waals surface area contributed by atoms with Crippen LogP contribution >= 0.6 is 0 Å². The molecular weight excluding hydrogens is 242 g/mol. The van der Waals surface area contributed by atoms with Gasteiger partial charge in [-0.15, -0.1) is 0 Å². The van der Waals surface area contributed by atoms with E-state index in [0.717, 1.165) is 6.42 Å². The number of benzene rings is 1. The van der Waals surface area contributed by atoms with E-state index in [0.29, 0.717) is 11.3 Å². The second-order valence-corrected chi connectivity index (χ2v) is 4.68. The topological polar surface area (TPSA) is 61.4 Å². The third kappa shape index (κ3) is 4.62. The van der Waals surface area contributed by atoms with E-state index < -0.39 is 0 Å². The first-order valence-corrected chi connectivity index (χ1v) is 6.33. The van der Waals surface area contributed by atoms with Crippen molar-refractivity contribution >= 4 is 17.6 Å². The molecule has 0 radical (unpaired) electrons. The molecule has 0 bridgehead atoms.